The molecule has 1 amide bonds. The highest BCUT2D eigenvalue weighted by atomic mass is 32.2. The largest absolute Gasteiger partial charge is 0.451 e. The lowest BCUT2D eigenvalue weighted by molar-refractivity contribution is -0.120. The number of rotatable bonds is 5. The SMILES string of the molecule is CCCC(=O)N1c2ccccc2-c2nnc(SCC)nc2OC1CC. The molecule has 1 atom stereocenters. The summed E-state index contributed by atoms with van der Waals surface area (Å²) in [6.07, 6.45) is 1.51. The Morgan fingerprint density at radius 1 is 1.24 bits per heavy atom. The second-order valence-electron chi connectivity index (χ2n) is 5.69. The third-order valence-corrected chi connectivity index (χ3v) is 4.66. The van der Waals surface area contributed by atoms with Gasteiger partial charge in [0.1, 0.15) is 0 Å². The minimum absolute atomic E-state index is 0.0470. The van der Waals surface area contributed by atoms with E-state index in [2.05, 4.69) is 15.2 Å². The number of hydrogen-bond acceptors (Lipinski definition) is 6. The molecule has 1 aromatic carbocycles. The second kappa shape index (κ2) is 7.82. The van der Waals surface area contributed by atoms with Gasteiger partial charge in [-0.2, -0.15) is 4.98 Å². The highest BCUT2D eigenvalue weighted by molar-refractivity contribution is 7.99. The van der Waals surface area contributed by atoms with Crippen molar-refractivity contribution in [3.63, 3.8) is 0 Å². The van der Waals surface area contributed by atoms with Gasteiger partial charge in [-0.25, -0.2) is 0 Å². The van der Waals surface area contributed by atoms with E-state index in [1.807, 2.05) is 45.0 Å². The lowest BCUT2D eigenvalue weighted by atomic mass is 10.1. The quantitative estimate of drug-likeness (QED) is 0.755. The van der Waals surface area contributed by atoms with Crippen LogP contribution in [0.5, 0.6) is 5.88 Å². The molecule has 0 N–H and O–H groups in total. The molecule has 0 fully saturated rings. The molecule has 2 aromatic rings. The molecule has 3 rings (SSSR count). The topological polar surface area (TPSA) is 68.2 Å². The van der Waals surface area contributed by atoms with Gasteiger partial charge < -0.3 is 4.74 Å². The number of hydrogen-bond donors (Lipinski definition) is 0. The van der Waals surface area contributed by atoms with Crippen LogP contribution in [0.1, 0.15) is 40.0 Å². The van der Waals surface area contributed by atoms with Gasteiger partial charge in [-0.15, -0.1) is 10.2 Å². The molecule has 0 bridgehead atoms. The van der Waals surface area contributed by atoms with Crippen molar-refractivity contribution >= 4 is 23.4 Å². The number of carbonyl (C=O) groups excluding carboxylic acids is 1. The molecular formula is C18H22N4O2S. The van der Waals surface area contributed by atoms with Crippen molar-refractivity contribution in [2.24, 2.45) is 0 Å². The Balaban J connectivity index is 2.15. The first-order valence-corrected chi connectivity index (χ1v) is 9.63. The summed E-state index contributed by atoms with van der Waals surface area (Å²) in [6, 6.07) is 7.71. The van der Waals surface area contributed by atoms with E-state index in [1.54, 1.807) is 4.90 Å². The van der Waals surface area contributed by atoms with Crippen molar-refractivity contribution in [1.29, 1.82) is 0 Å². The van der Waals surface area contributed by atoms with Crippen LogP contribution in [0.4, 0.5) is 5.69 Å². The van der Waals surface area contributed by atoms with Crippen molar-refractivity contribution in [1.82, 2.24) is 15.2 Å². The summed E-state index contributed by atoms with van der Waals surface area (Å²) in [5, 5.41) is 9.13. The van der Waals surface area contributed by atoms with E-state index >= 15 is 0 Å². The van der Waals surface area contributed by atoms with Crippen molar-refractivity contribution in [2.75, 3.05) is 10.7 Å². The van der Waals surface area contributed by atoms with E-state index in [9.17, 15) is 4.79 Å². The first-order chi connectivity index (χ1) is 12.2. The Morgan fingerprint density at radius 2 is 2.04 bits per heavy atom. The van der Waals surface area contributed by atoms with Gasteiger partial charge in [0.25, 0.3) is 0 Å². The number of para-hydroxylation sites is 1. The molecule has 2 heterocycles. The van der Waals surface area contributed by atoms with Gasteiger partial charge in [0.15, 0.2) is 11.9 Å². The number of aromatic nitrogens is 3. The summed E-state index contributed by atoms with van der Waals surface area (Å²) in [5.41, 5.74) is 2.21. The number of ether oxygens (including phenoxy) is 1. The molecule has 7 heteroatoms. The maximum absolute atomic E-state index is 12.8. The Bertz CT molecular complexity index is 768. The zero-order valence-electron chi connectivity index (χ0n) is 14.7. The number of fused-ring (bicyclic) bond motifs is 3. The third-order valence-electron chi connectivity index (χ3n) is 3.94. The van der Waals surface area contributed by atoms with Crippen LogP contribution >= 0.6 is 11.8 Å². The molecule has 1 aromatic heterocycles. The molecular weight excluding hydrogens is 336 g/mol. The lowest BCUT2D eigenvalue weighted by Gasteiger charge is -2.29. The fourth-order valence-corrected chi connectivity index (χ4v) is 3.36. The highest BCUT2D eigenvalue weighted by Gasteiger charge is 2.33. The minimum Gasteiger partial charge on any atom is -0.451 e. The molecule has 6 nitrogen and oxygen atoms in total. The third kappa shape index (κ3) is 3.46. The Kier molecular flexibility index (Phi) is 5.53. The van der Waals surface area contributed by atoms with Crippen LogP contribution in [0.15, 0.2) is 29.4 Å². The number of thioether (sulfide) groups is 1. The number of anilines is 1. The van der Waals surface area contributed by atoms with Gasteiger partial charge in [-0.05, 0) is 18.2 Å². The van der Waals surface area contributed by atoms with Crippen molar-refractivity contribution < 1.29 is 9.53 Å². The van der Waals surface area contributed by atoms with Crippen LogP contribution in [-0.4, -0.2) is 33.1 Å². The number of amides is 1. The van der Waals surface area contributed by atoms with E-state index < -0.39 is 6.23 Å². The monoisotopic (exact) mass is 358 g/mol. The average Bonchev–Trinajstić information content (AvgIpc) is 2.76. The van der Waals surface area contributed by atoms with Gasteiger partial charge in [0.2, 0.25) is 16.9 Å². The predicted octanol–water partition coefficient (Wildman–Crippen LogP) is 3.91. The predicted molar refractivity (Wildman–Crippen MR) is 98.8 cm³/mol. The zero-order valence-corrected chi connectivity index (χ0v) is 15.5. The van der Waals surface area contributed by atoms with E-state index in [4.69, 9.17) is 4.74 Å². The van der Waals surface area contributed by atoms with Gasteiger partial charge in [-0.1, -0.05) is 50.7 Å². The molecule has 0 saturated carbocycles. The fourth-order valence-electron chi connectivity index (χ4n) is 2.86. The minimum atomic E-state index is -0.405. The summed E-state index contributed by atoms with van der Waals surface area (Å²) >= 11 is 1.51. The Morgan fingerprint density at radius 3 is 2.76 bits per heavy atom. The van der Waals surface area contributed by atoms with Crippen LogP contribution in [0.2, 0.25) is 0 Å². The molecule has 1 aliphatic heterocycles. The molecule has 0 radical (unpaired) electrons. The maximum atomic E-state index is 12.8. The standard InChI is InChI=1S/C18H22N4O2S/c1-4-9-14(23)22-13-11-8-7-10-12(13)16-17(24-15(22)5-2)19-18(21-20-16)25-6-3/h7-8,10-11,15H,4-6,9H2,1-3H3. The van der Waals surface area contributed by atoms with Crippen molar-refractivity contribution in [3.05, 3.63) is 24.3 Å². The van der Waals surface area contributed by atoms with Crippen LogP contribution in [0, 0.1) is 0 Å². The highest BCUT2D eigenvalue weighted by Crippen LogP contribution is 2.40. The van der Waals surface area contributed by atoms with Gasteiger partial charge in [-0.3, -0.25) is 9.69 Å². The maximum Gasteiger partial charge on any atom is 0.247 e. The summed E-state index contributed by atoms with van der Waals surface area (Å²) in [6.45, 7) is 6.04. The van der Waals surface area contributed by atoms with Crippen LogP contribution < -0.4 is 9.64 Å². The molecule has 0 saturated heterocycles. The summed E-state index contributed by atoms with van der Waals surface area (Å²) in [4.78, 5) is 19.1. The molecule has 0 aliphatic carbocycles. The van der Waals surface area contributed by atoms with E-state index in [1.165, 1.54) is 11.8 Å². The van der Waals surface area contributed by atoms with Crippen molar-refractivity contribution in [2.45, 2.75) is 51.4 Å². The molecule has 0 spiro atoms. The summed E-state index contributed by atoms with van der Waals surface area (Å²) < 4.78 is 6.13. The summed E-state index contributed by atoms with van der Waals surface area (Å²) in [5.74, 6) is 1.35. The number of nitrogens with zero attached hydrogens (tertiary/aromatic N) is 4. The van der Waals surface area contributed by atoms with Crippen LogP contribution in [0.25, 0.3) is 11.3 Å². The van der Waals surface area contributed by atoms with E-state index in [0.717, 1.165) is 23.4 Å². The van der Waals surface area contributed by atoms with E-state index in [0.29, 0.717) is 29.6 Å². The Hall–Kier alpha value is -2.15. The molecule has 1 unspecified atom stereocenters. The van der Waals surface area contributed by atoms with Gasteiger partial charge in [0, 0.05) is 18.4 Å². The normalized spacial score (nSPS) is 15.8. The number of carbonyl (C=O) groups is 1. The molecule has 132 valence electrons. The number of benzene rings is 1. The van der Waals surface area contributed by atoms with Gasteiger partial charge in [0.05, 0.1) is 5.69 Å². The second-order valence-corrected chi connectivity index (χ2v) is 6.92. The van der Waals surface area contributed by atoms with E-state index in [-0.39, 0.29) is 5.91 Å². The molecule has 25 heavy (non-hydrogen) atoms. The fraction of sp³-hybridized carbons (Fsp3) is 0.444. The Labute approximate surface area is 152 Å². The first kappa shape index (κ1) is 17.7. The zero-order chi connectivity index (χ0) is 17.8. The summed E-state index contributed by atoms with van der Waals surface area (Å²) in [7, 11) is 0. The van der Waals surface area contributed by atoms with Crippen LogP contribution in [0.3, 0.4) is 0 Å². The van der Waals surface area contributed by atoms with Crippen molar-refractivity contribution in [3.8, 4) is 17.1 Å². The first-order valence-electron chi connectivity index (χ1n) is 8.65. The molecule has 1 aliphatic rings. The van der Waals surface area contributed by atoms with Gasteiger partial charge >= 0.3 is 0 Å². The smallest absolute Gasteiger partial charge is 0.247 e. The lowest BCUT2D eigenvalue weighted by Crippen LogP contribution is -2.43. The average molecular weight is 358 g/mol. The van der Waals surface area contributed by atoms with Crippen LogP contribution in [-0.2, 0) is 4.79 Å².